The predicted octanol–water partition coefficient (Wildman–Crippen LogP) is 2.22. The quantitative estimate of drug-likeness (QED) is 0.841. The summed E-state index contributed by atoms with van der Waals surface area (Å²) >= 11 is 0. The Labute approximate surface area is 92.6 Å². The molecule has 0 unspecified atom stereocenters. The Morgan fingerprint density at radius 1 is 1.31 bits per heavy atom. The lowest BCUT2D eigenvalue weighted by atomic mass is 10.3. The largest absolute Gasteiger partial charge is 0.573 e. The van der Waals surface area contributed by atoms with Crippen molar-refractivity contribution in [3.05, 3.63) is 18.2 Å². The van der Waals surface area contributed by atoms with Gasteiger partial charge in [-0.1, -0.05) is 6.07 Å². The summed E-state index contributed by atoms with van der Waals surface area (Å²) in [5.74, 6) is -2.22. The predicted molar refractivity (Wildman–Crippen MR) is 47.8 cm³/mol. The minimum atomic E-state index is -5.04. The Hall–Kier alpha value is -1.15. The van der Waals surface area contributed by atoms with Crippen LogP contribution in [0.2, 0.25) is 0 Å². The fraction of sp³-hybridized carbons (Fsp3) is 0.143. The van der Waals surface area contributed by atoms with Crippen LogP contribution >= 0.6 is 10.7 Å². The van der Waals surface area contributed by atoms with Gasteiger partial charge >= 0.3 is 6.36 Å². The molecule has 0 bridgehead atoms. The van der Waals surface area contributed by atoms with Crippen LogP contribution in [0.5, 0.6) is 11.5 Å². The van der Waals surface area contributed by atoms with E-state index >= 15 is 0 Å². The van der Waals surface area contributed by atoms with Gasteiger partial charge in [0.2, 0.25) is 0 Å². The normalized spacial score (nSPS) is 12.5. The van der Waals surface area contributed by atoms with Gasteiger partial charge in [-0.15, -0.1) is 13.2 Å². The zero-order valence-electron chi connectivity index (χ0n) is 7.32. The number of halogens is 4. The van der Waals surface area contributed by atoms with E-state index in [4.69, 9.17) is 10.7 Å². The molecule has 1 rings (SSSR count). The number of benzene rings is 1. The van der Waals surface area contributed by atoms with Crippen LogP contribution in [0.4, 0.5) is 13.2 Å². The van der Waals surface area contributed by atoms with Crippen LogP contribution in [-0.2, 0) is 9.05 Å². The Morgan fingerprint density at radius 3 is 2.31 bits per heavy atom. The van der Waals surface area contributed by atoms with Crippen molar-refractivity contribution in [3.63, 3.8) is 0 Å². The lowest BCUT2D eigenvalue weighted by Gasteiger charge is -2.11. The number of hydrogen-bond donors (Lipinski definition) is 1. The van der Waals surface area contributed by atoms with Gasteiger partial charge < -0.3 is 9.84 Å². The van der Waals surface area contributed by atoms with Gasteiger partial charge in [0.1, 0.15) is 4.90 Å². The Balaban J connectivity index is 3.25. The molecule has 0 aliphatic rings. The fourth-order valence-corrected chi connectivity index (χ4v) is 1.85. The van der Waals surface area contributed by atoms with E-state index in [1.165, 1.54) is 0 Å². The molecule has 0 saturated carbocycles. The molecule has 0 spiro atoms. The summed E-state index contributed by atoms with van der Waals surface area (Å²) in [6.07, 6.45) is -5.04. The minimum absolute atomic E-state index is 0.758. The Kier molecular flexibility index (Phi) is 3.25. The highest BCUT2D eigenvalue weighted by molar-refractivity contribution is 8.13. The second kappa shape index (κ2) is 4.02. The maximum atomic E-state index is 11.8. The topological polar surface area (TPSA) is 63.6 Å². The Morgan fingerprint density at radius 2 is 1.88 bits per heavy atom. The summed E-state index contributed by atoms with van der Waals surface area (Å²) in [4.78, 5) is -0.851. The maximum Gasteiger partial charge on any atom is 0.573 e. The third-order valence-corrected chi connectivity index (χ3v) is 2.80. The first-order valence-electron chi connectivity index (χ1n) is 3.63. The van der Waals surface area contributed by atoms with E-state index in [9.17, 15) is 26.7 Å². The van der Waals surface area contributed by atoms with Gasteiger partial charge in [0.25, 0.3) is 9.05 Å². The molecule has 0 aliphatic carbocycles. The second-order valence-corrected chi connectivity index (χ2v) is 5.12. The first-order chi connectivity index (χ1) is 7.11. The minimum Gasteiger partial charge on any atom is -0.503 e. The summed E-state index contributed by atoms with van der Waals surface area (Å²) in [6.45, 7) is 0. The first-order valence-corrected chi connectivity index (χ1v) is 5.94. The monoisotopic (exact) mass is 276 g/mol. The van der Waals surface area contributed by atoms with E-state index in [-0.39, 0.29) is 0 Å². The summed E-state index contributed by atoms with van der Waals surface area (Å²) in [7, 11) is 0.546. The fourth-order valence-electron chi connectivity index (χ4n) is 0.906. The Bertz CT molecular complexity index is 497. The first kappa shape index (κ1) is 12.9. The second-order valence-electron chi connectivity index (χ2n) is 2.59. The van der Waals surface area contributed by atoms with Crippen molar-refractivity contribution < 1.29 is 31.4 Å². The number of ether oxygens (including phenoxy) is 1. The molecule has 4 nitrogen and oxygen atoms in total. The van der Waals surface area contributed by atoms with Crippen LogP contribution < -0.4 is 4.74 Å². The van der Waals surface area contributed by atoms with Crippen molar-refractivity contribution in [1.82, 2.24) is 0 Å². The molecule has 1 N–H and O–H groups in total. The average molecular weight is 277 g/mol. The molecule has 0 amide bonds. The van der Waals surface area contributed by atoms with Crippen molar-refractivity contribution in [1.29, 1.82) is 0 Å². The van der Waals surface area contributed by atoms with Gasteiger partial charge in [0.15, 0.2) is 11.5 Å². The van der Waals surface area contributed by atoms with Crippen molar-refractivity contribution in [2.75, 3.05) is 0 Å². The third-order valence-electron chi connectivity index (χ3n) is 1.45. The zero-order chi connectivity index (χ0) is 12.6. The molecule has 16 heavy (non-hydrogen) atoms. The molecular weight excluding hydrogens is 273 g/mol. The molecule has 1 aromatic carbocycles. The lowest BCUT2D eigenvalue weighted by Crippen LogP contribution is -2.17. The van der Waals surface area contributed by atoms with Crippen LogP contribution in [0.3, 0.4) is 0 Å². The van der Waals surface area contributed by atoms with E-state index in [1.54, 1.807) is 0 Å². The molecular formula is C7H4ClF3O4S. The molecule has 0 atom stereocenters. The summed E-state index contributed by atoms with van der Waals surface area (Å²) in [6, 6.07) is 2.56. The number of alkyl halides is 3. The van der Waals surface area contributed by atoms with E-state index < -0.39 is 31.8 Å². The molecule has 0 fully saturated rings. The molecule has 0 heterocycles. The standard InChI is InChI=1S/C7H4ClF3O4S/c8-16(13,14)5-3-1-2-4(6(5)12)15-7(9,10)11/h1-3,12H. The molecule has 1 aromatic rings. The van der Waals surface area contributed by atoms with Crippen molar-refractivity contribution in [2.24, 2.45) is 0 Å². The van der Waals surface area contributed by atoms with Crippen LogP contribution in [-0.4, -0.2) is 19.9 Å². The van der Waals surface area contributed by atoms with Crippen molar-refractivity contribution >= 4 is 19.7 Å². The third kappa shape index (κ3) is 3.17. The number of phenols is 1. The van der Waals surface area contributed by atoms with Crippen molar-refractivity contribution in [3.8, 4) is 11.5 Å². The van der Waals surface area contributed by atoms with Gasteiger partial charge in [-0.3, -0.25) is 0 Å². The van der Waals surface area contributed by atoms with Crippen LogP contribution in [0.25, 0.3) is 0 Å². The highest BCUT2D eigenvalue weighted by Crippen LogP contribution is 2.37. The van der Waals surface area contributed by atoms with E-state index in [0.717, 1.165) is 18.2 Å². The lowest BCUT2D eigenvalue weighted by molar-refractivity contribution is -0.275. The summed E-state index contributed by atoms with van der Waals surface area (Å²) < 4.78 is 60.6. The highest BCUT2D eigenvalue weighted by Gasteiger charge is 2.33. The SMILES string of the molecule is O=S(=O)(Cl)c1cccc(OC(F)(F)F)c1O. The van der Waals surface area contributed by atoms with E-state index in [2.05, 4.69) is 4.74 Å². The van der Waals surface area contributed by atoms with Gasteiger partial charge in [-0.2, -0.15) is 0 Å². The number of aromatic hydroxyl groups is 1. The molecule has 0 saturated heterocycles. The average Bonchev–Trinajstić information content (AvgIpc) is 2.04. The maximum absolute atomic E-state index is 11.8. The molecule has 0 radical (unpaired) electrons. The highest BCUT2D eigenvalue weighted by atomic mass is 35.7. The summed E-state index contributed by atoms with van der Waals surface area (Å²) in [5, 5.41) is 9.20. The molecule has 9 heteroatoms. The van der Waals surface area contributed by atoms with Gasteiger partial charge in [-0.05, 0) is 12.1 Å². The van der Waals surface area contributed by atoms with Gasteiger partial charge in [0.05, 0.1) is 0 Å². The van der Waals surface area contributed by atoms with Gasteiger partial charge in [-0.25, -0.2) is 8.42 Å². The van der Waals surface area contributed by atoms with Crippen molar-refractivity contribution in [2.45, 2.75) is 11.3 Å². The van der Waals surface area contributed by atoms with E-state index in [1.807, 2.05) is 0 Å². The number of para-hydroxylation sites is 1. The molecule has 0 aromatic heterocycles. The van der Waals surface area contributed by atoms with Crippen LogP contribution in [0, 0.1) is 0 Å². The molecule has 0 aliphatic heterocycles. The van der Waals surface area contributed by atoms with E-state index in [0.29, 0.717) is 0 Å². The smallest absolute Gasteiger partial charge is 0.503 e. The van der Waals surface area contributed by atoms with Gasteiger partial charge in [0, 0.05) is 10.7 Å². The summed E-state index contributed by atoms with van der Waals surface area (Å²) in [5.41, 5.74) is 0. The number of phenolic OH excluding ortho intramolecular Hbond substituents is 1. The zero-order valence-corrected chi connectivity index (χ0v) is 8.90. The molecule has 90 valence electrons. The number of hydrogen-bond acceptors (Lipinski definition) is 4. The van der Waals surface area contributed by atoms with Crippen LogP contribution in [0.1, 0.15) is 0 Å². The van der Waals surface area contributed by atoms with Crippen LogP contribution in [0.15, 0.2) is 23.1 Å². The number of rotatable bonds is 2.